The van der Waals surface area contributed by atoms with Crippen LogP contribution in [0.1, 0.15) is 10.4 Å². The monoisotopic (exact) mass is 483 g/mol. The molecule has 3 amide bonds. The van der Waals surface area contributed by atoms with E-state index >= 15 is 0 Å². The summed E-state index contributed by atoms with van der Waals surface area (Å²) in [6, 6.07) is 16.6. The summed E-state index contributed by atoms with van der Waals surface area (Å²) in [4.78, 5) is 30.4. The van der Waals surface area contributed by atoms with Gasteiger partial charge in [0.2, 0.25) is 5.79 Å². The van der Waals surface area contributed by atoms with Crippen molar-refractivity contribution in [1.29, 1.82) is 0 Å². The van der Waals surface area contributed by atoms with Gasteiger partial charge in [0.05, 0.1) is 5.69 Å². The summed E-state index contributed by atoms with van der Waals surface area (Å²) in [5, 5.41) is 14.7. The number of thiocarbonyl (C=S) groups is 1. The molecule has 4 N–H and O–H groups in total. The van der Waals surface area contributed by atoms with E-state index in [1.807, 2.05) is 6.07 Å². The molecule has 1 aliphatic carbocycles. The fourth-order valence-corrected chi connectivity index (χ4v) is 3.61. The number of benzene rings is 2. The number of nitrogens with two attached hydrogens (primary N) is 1. The summed E-state index contributed by atoms with van der Waals surface area (Å²) < 4.78 is 11.0. The van der Waals surface area contributed by atoms with Crippen molar-refractivity contribution in [2.24, 2.45) is 5.73 Å². The van der Waals surface area contributed by atoms with Crippen molar-refractivity contribution in [3.8, 4) is 0 Å². The van der Waals surface area contributed by atoms with Crippen molar-refractivity contribution in [1.82, 2.24) is 5.32 Å². The molecular weight excluding hydrogens is 458 g/mol. The van der Waals surface area contributed by atoms with Gasteiger partial charge in [0, 0.05) is 25.4 Å². The normalized spacial score (nSPS) is 21.4. The van der Waals surface area contributed by atoms with Gasteiger partial charge < -0.3 is 20.3 Å². The number of carbonyl (C=O) groups is 2. The second-order valence-corrected chi connectivity index (χ2v) is 7.73. The predicted molar refractivity (Wildman–Crippen MR) is 130 cm³/mol. The van der Waals surface area contributed by atoms with E-state index in [4.69, 9.17) is 32.3 Å². The van der Waals surface area contributed by atoms with Gasteiger partial charge >= 0.3 is 6.03 Å². The lowest BCUT2D eigenvalue weighted by Crippen LogP contribution is -2.60. The van der Waals surface area contributed by atoms with Crippen LogP contribution in [0.3, 0.4) is 0 Å². The lowest BCUT2D eigenvalue weighted by atomic mass is 9.86. The van der Waals surface area contributed by atoms with E-state index in [-0.39, 0.29) is 17.2 Å². The molecule has 0 saturated carbocycles. The largest absolute Gasteiger partial charge is 0.366 e. The molecule has 0 radical (unpaired) electrons. The highest BCUT2D eigenvalue weighted by Crippen LogP contribution is 2.36. The van der Waals surface area contributed by atoms with E-state index in [0.29, 0.717) is 11.3 Å². The number of hydrogen-bond donors (Lipinski definition) is 3. The van der Waals surface area contributed by atoms with Gasteiger partial charge in [-0.25, -0.2) is 4.79 Å². The Morgan fingerprint density at radius 1 is 1.06 bits per heavy atom. The first-order valence-electron chi connectivity index (χ1n) is 10.2. The minimum atomic E-state index is -2.06. The lowest BCUT2D eigenvalue weighted by Gasteiger charge is -2.43. The number of carbonyl (C=O) groups excluding carboxylic acids is 2. The molecule has 2 atom stereocenters. The van der Waals surface area contributed by atoms with E-state index in [0.717, 1.165) is 5.06 Å². The van der Waals surface area contributed by atoms with Crippen LogP contribution in [-0.2, 0) is 14.3 Å². The highest BCUT2D eigenvalue weighted by Gasteiger charge is 2.52. The van der Waals surface area contributed by atoms with Gasteiger partial charge in [-0.15, -0.1) is 0 Å². The molecule has 2 unspecified atom stereocenters. The summed E-state index contributed by atoms with van der Waals surface area (Å²) in [5.74, 6) is -2.48. The van der Waals surface area contributed by atoms with Gasteiger partial charge in [0.1, 0.15) is 11.6 Å². The van der Waals surface area contributed by atoms with Gasteiger partial charge in [-0.1, -0.05) is 54.7 Å². The minimum absolute atomic E-state index is 0.00462. The number of hydroxylamine groups is 1. The summed E-state index contributed by atoms with van der Waals surface area (Å²) >= 11 is 5.15. The summed E-state index contributed by atoms with van der Waals surface area (Å²) in [6.45, 7) is -0.322. The molecule has 2 aromatic carbocycles. The number of ether oxygens (including phenoxy) is 2. The first-order chi connectivity index (χ1) is 16.2. The Hall–Kier alpha value is -3.41. The zero-order chi connectivity index (χ0) is 24.8. The maximum absolute atomic E-state index is 13.3. The maximum atomic E-state index is 13.3. The molecule has 34 heavy (non-hydrogen) atoms. The Morgan fingerprint density at radius 2 is 1.68 bits per heavy atom. The third-order valence-corrected chi connectivity index (χ3v) is 5.61. The minimum Gasteiger partial charge on any atom is -0.366 e. The summed E-state index contributed by atoms with van der Waals surface area (Å²) in [6.07, 6.45) is 4.30. The highest BCUT2D eigenvalue weighted by atomic mass is 32.1. The summed E-state index contributed by atoms with van der Waals surface area (Å²) in [7, 11) is 2.64. The Balaban J connectivity index is 1.92. The quantitative estimate of drug-likeness (QED) is 0.299. The van der Waals surface area contributed by atoms with Crippen LogP contribution in [-0.4, -0.2) is 54.2 Å². The van der Waals surface area contributed by atoms with E-state index in [2.05, 4.69) is 5.32 Å². The molecule has 0 saturated heterocycles. The van der Waals surface area contributed by atoms with Gasteiger partial charge in [0.15, 0.2) is 5.60 Å². The van der Waals surface area contributed by atoms with Crippen LogP contribution in [0.25, 0.3) is 0 Å². The third kappa shape index (κ3) is 5.22. The number of methoxy groups -OCH3 is 2. The van der Waals surface area contributed by atoms with Crippen molar-refractivity contribution in [3.63, 3.8) is 0 Å². The molecular formula is C24H25N3O6S. The number of para-hydroxylation sites is 1. The number of primary amides is 1. The highest BCUT2D eigenvalue weighted by molar-refractivity contribution is 7.80. The standard InChI is InChI=1S/C24H25N3O6S/c1-31-23(14-13-18(15-24(23,30)32-2)20(34)26-22(25)29)16-33-27(19-11-7-4-8-12-19)21(28)17-9-5-3-6-10-17/h3-15,30H,16H2,1-2H3,(H3,25,26,29,34). The van der Waals surface area contributed by atoms with Crippen molar-refractivity contribution >= 4 is 34.8 Å². The number of rotatable bonds is 8. The number of nitrogens with zero attached hydrogens (tertiary/aromatic N) is 1. The Morgan fingerprint density at radius 3 is 2.24 bits per heavy atom. The molecule has 0 heterocycles. The predicted octanol–water partition coefficient (Wildman–Crippen LogP) is 2.48. The molecule has 1 aliphatic rings. The van der Waals surface area contributed by atoms with Crippen LogP contribution >= 0.6 is 12.2 Å². The zero-order valence-electron chi connectivity index (χ0n) is 18.6. The second kappa shape index (κ2) is 10.7. The van der Waals surface area contributed by atoms with Crippen molar-refractivity contribution in [3.05, 3.63) is 90.0 Å². The van der Waals surface area contributed by atoms with E-state index in [1.165, 1.54) is 32.4 Å². The molecule has 0 bridgehead atoms. The molecule has 3 rings (SSSR count). The Bertz CT molecular complexity index is 1110. The van der Waals surface area contributed by atoms with Crippen LogP contribution in [0.4, 0.5) is 10.5 Å². The van der Waals surface area contributed by atoms with E-state index in [9.17, 15) is 14.7 Å². The Labute approximate surface area is 202 Å². The first-order valence-corrected chi connectivity index (χ1v) is 10.6. The molecule has 0 aromatic heterocycles. The molecule has 178 valence electrons. The topological polar surface area (TPSA) is 123 Å². The number of urea groups is 1. The maximum Gasteiger partial charge on any atom is 0.317 e. The van der Waals surface area contributed by atoms with E-state index < -0.39 is 23.3 Å². The van der Waals surface area contributed by atoms with Crippen LogP contribution < -0.4 is 16.1 Å². The number of hydrogen-bond acceptors (Lipinski definition) is 7. The molecule has 0 spiro atoms. The summed E-state index contributed by atoms with van der Waals surface area (Å²) in [5.41, 5.74) is 4.72. The van der Waals surface area contributed by atoms with Crippen LogP contribution in [0.15, 0.2) is 84.5 Å². The number of aliphatic hydroxyl groups is 1. The van der Waals surface area contributed by atoms with Crippen LogP contribution in [0.2, 0.25) is 0 Å². The number of nitrogens with one attached hydrogen (secondary N) is 1. The fourth-order valence-electron chi connectivity index (χ4n) is 3.38. The van der Waals surface area contributed by atoms with Crippen LogP contribution in [0, 0.1) is 0 Å². The zero-order valence-corrected chi connectivity index (χ0v) is 19.5. The molecule has 10 heteroatoms. The van der Waals surface area contributed by atoms with Gasteiger partial charge in [-0.2, -0.15) is 5.06 Å². The molecule has 2 aromatic rings. The van der Waals surface area contributed by atoms with E-state index in [1.54, 1.807) is 54.6 Å². The number of anilines is 1. The molecule has 9 nitrogen and oxygen atoms in total. The van der Waals surface area contributed by atoms with Crippen LogP contribution in [0.5, 0.6) is 0 Å². The Kier molecular flexibility index (Phi) is 7.92. The average Bonchev–Trinajstić information content (AvgIpc) is 2.85. The first kappa shape index (κ1) is 25.2. The lowest BCUT2D eigenvalue weighted by molar-refractivity contribution is -0.263. The van der Waals surface area contributed by atoms with Gasteiger partial charge in [-0.05, 0) is 36.4 Å². The average molecular weight is 484 g/mol. The van der Waals surface area contributed by atoms with Crippen molar-refractivity contribution in [2.45, 2.75) is 11.4 Å². The van der Waals surface area contributed by atoms with Gasteiger partial charge in [-0.3, -0.25) is 14.9 Å². The SMILES string of the molecule is COC1(O)C=C(C(=S)NC(N)=O)C=CC1(CON(C(=O)c1ccccc1)c1ccccc1)OC. The second-order valence-electron chi connectivity index (χ2n) is 7.32. The smallest absolute Gasteiger partial charge is 0.317 e. The third-order valence-electron chi connectivity index (χ3n) is 5.27. The van der Waals surface area contributed by atoms with Crippen molar-refractivity contribution in [2.75, 3.05) is 25.9 Å². The molecule has 0 fully saturated rings. The van der Waals surface area contributed by atoms with Gasteiger partial charge in [0.25, 0.3) is 5.91 Å². The fraction of sp³-hybridized carbons (Fsp3) is 0.208. The van der Waals surface area contributed by atoms with Crippen molar-refractivity contribution < 1.29 is 29.0 Å². The number of amides is 3. The molecule has 0 aliphatic heterocycles.